The van der Waals surface area contributed by atoms with E-state index < -0.39 is 0 Å². The van der Waals surface area contributed by atoms with Crippen LogP contribution in [0, 0.1) is 6.92 Å². The lowest BCUT2D eigenvalue weighted by Gasteiger charge is -2.16. The number of amides is 1. The highest BCUT2D eigenvalue weighted by Crippen LogP contribution is 2.19. The first-order chi connectivity index (χ1) is 12.2. The topological polar surface area (TPSA) is 68.2 Å². The maximum absolute atomic E-state index is 12.7. The van der Waals surface area contributed by atoms with Gasteiger partial charge in [0.15, 0.2) is 0 Å². The molecule has 1 fully saturated rings. The predicted octanol–water partition coefficient (Wildman–Crippen LogP) is 2.63. The standard InChI is InChI=1S/C19H18N4O2/c1-13-6-9-18(22-21-13)25-15-10-11-23(12-15)19(24)17-8-7-14-4-2-3-5-16(14)20-17/h2-9,15H,10-12H2,1H3. The average Bonchev–Trinajstić information content (AvgIpc) is 3.11. The zero-order chi connectivity index (χ0) is 17.2. The first-order valence-corrected chi connectivity index (χ1v) is 8.31. The predicted molar refractivity (Wildman–Crippen MR) is 93.4 cm³/mol. The van der Waals surface area contributed by atoms with Gasteiger partial charge in [0.05, 0.1) is 17.8 Å². The van der Waals surface area contributed by atoms with Crippen LogP contribution in [0.2, 0.25) is 0 Å². The van der Waals surface area contributed by atoms with Crippen LogP contribution in [0.15, 0.2) is 48.5 Å². The Morgan fingerprint density at radius 2 is 2.00 bits per heavy atom. The number of nitrogens with zero attached hydrogens (tertiary/aromatic N) is 4. The lowest BCUT2D eigenvalue weighted by molar-refractivity contribution is 0.0765. The fourth-order valence-electron chi connectivity index (χ4n) is 2.98. The van der Waals surface area contributed by atoms with Gasteiger partial charge in [-0.15, -0.1) is 5.10 Å². The van der Waals surface area contributed by atoms with E-state index in [1.807, 2.05) is 43.3 Å². The summed E-state index contributed by atoms with van der Waals surface area (Å²) in [6, 6.07) is 15.2. The zero-order valence-electron chi connectivity index (χ0n) is 13.9. The molecule has 0 saturated carbocycles. The molecule has 6 nitrogen and oxygen atoms in total. The van der Waals surface area contributed by atoms with Crippen molar-refractivity contribution in [2.75, 3.05) is 13.1 Å². The van der Waals surface area contributed by atoms with E-state index in [1.165, 1.54) is 0 Å². The summed E-state index contributed by atoms with van der Waals surface area (Å²) in [6.07, 6.45) is 0.705. The first-order valence-electron chi connectivity index (χ1n) is 8.31. The highest BCUT2D eigenvalue weighted by molar-refractivity contribution is 5.95. The van der Waals surface area contributed by atoms with Gasteiger partial charge < -0.3 is 9.64 Å². The molecule has 0 spiro atoms. The molecule has 3 heterocycles. The highest BCUT2D eigenvalue weighted by Gasteiger charge is 2.29. The van der Waals surface area contributed by atoms with Crippen LogP contribution in [0.25, 0.3) is 10.9 Å². The third-order valence-corrected chi connectivity index (χ3v) is 4.31. The Morgan fingerprint density at radius 1 is 1.12 bits per heavy atom. The molecule has 1 amide bonds. The fraction of sp³-hybridized carbons (Fsp3) is 0.263. The lowest BCUT2D eigenvalue weighted by Crippen LogP contribution is -2.31. The van der Waals surface area contributed by atoms with Crippen molar-refractivity contribution in [2.45, 2.75) is 19.4 Å². The Labute approximate surface area is 145 Å². The van der Waals surface area contributed by atoms with Gasteiger partial charge in [-0.25, -0.2) is 4.98 Å². The Balaban J connectivity index is 1.45. The first kappa shape index (κ1) is 15.5. The molecule has 1 saturated heterocycles. The van der Waals surface area contributed by atoms with Crippen molar-refractivity contribution in [3.63, 3.8) is 0 Å². The number of hydrogen-bond acceptors (Lipinski definition) is 5. The monoisotopic (exact) mass is 334 g/mol. The van der Waals surface area contributed by atoms with Crippen LogP contribution >= 0.6 is 0 Å². The van der Waals surface area contributed by atoms with Crippen molar-refractivity contribution >= 4 is 16.8 Å². The normalized spacial score (nSPS) is 17.0. The molecule has 4 rings (SSSR count). The van der Waals surface area contributed by atoms with E-state index in [9.17, 15) is 4.79 Å². The smallest absolute Gasteiger partial charge is 0.272 e. The number of pyridine rings is 1. The molecule has 1 aromatic carbocycles. The maximum Gasteiger partial charge on any atom is 0.272 e. The van der Waals surface area contributed by atoms with E-state index >= 15 is 0 Å². The van der Waals surface area contributed by atoms with Crippen molar-refractivity contribution in [1.29, 1.82) is 0 Å². The molecule has 126 valence electrons. The SMILES string of the molecule is Cc1ccc(OC2CCN(C(=O)c3ccc4ccccc4n3)C2)nn1. The summed E-state index contributed by atoms with van der Waals surface area (Å²) in [4.78, 5) is 19.0. The summed E-state index contributed by atoms with van der Waals surface area (Å²) in [6.45, 7) is 3.06. The second-order valence-corrected chi connectivity index (χ2v) is 6.18. The van der Waals surface area contributed by atoms with Gasteiger partial charge in [0.25, 0.3) is 5.91 Å². The number of fused-ring (bicyclic) bond motifs is 1. The summed E-state index contributed by atoms with van der Waals surface area (Å²) in [5.41, 5.74) is 2.14. The second kappa shape index (κ2) is 6.47. The third kappa shape index (κ3) is 3.28. The van der Waals surface area contributed by atoms with Crippen LogP contribution in [-0.2, 0) is 0 Å². The van der Waals surface area contributed by atoms with Crippen LogP contribution in [0.1, 0.15) is 22.6 Å². The Hall–Kier alpha value is -3.02. The van der Waals surface area contributed by atoms with Crippen molar-refractivity contribution < 1.29 is 9.53 Å². The number of aryl methyl sites for hydroxylation is 1. The van der Waals surface area contributed by atoms with E-state index in [1.54, 1.807) is 17.0 Å². The van der Waals surface area contributed by atoms with Crippen LogP contribution in [0.5, 0.6) is 5.88 Å². The minimum Gasteiger partial charge on any atom is -0.471 e. The van der Waals surface area contributed by atoms with Crippen molar-refractivity contribution in [2.24, 2.45) is 0 Å². The van der Waals surface area contributed by atoms with Crippen LogP contribution in [0.3, 0.4) is 0 Å². The second-order valence-electron chi connectivity index (χ2n) is 6.18. The molecule has 1 unspecified atom stereocenters. The Bertz CT molecular complexity index is 911. The van der Waals surface area contributed by atoms with E-state index in [4.69, 9.17) is 4.74 Å². The van der Waals surface area contributed by atoms with Gasteiger partial charge in [0, 0.05) is 24.4 Å². The van der Waals surface area contributed by atoms with E-state index in [2.05, 4.69) is 15.2 Å². The molecule has 6 heteroatoms. The maximum atomic E-state index is 12.7. The van der Waals surface area contributed by atoms with Gasteiger partial charge in [-0.3, -0.25) is 4.79 Å². The fourth-order valence-corrected chi connectivity index (χ4v) is 2.98. The molecule has 2 aromatic heterocycles. The highest BCUT2D eigenvalue weighted by atomic mass is 16.5. The average molecular weight is 334 g/mol. The van der Waals surface area contributed by atoms with Gasteiger partial charge in [0.2, 0.25) is 5.88 Å². The Morgan fingerprint density at radius 3 is 2.84 bits per heavy atom. The number of carbonyl (C=O) groups is 1. The van der Waals surface area contributed by atoms with Gasteiger partial charge in [-0.05, 0) is 25.1 Å². The number of ether oxygens (including phenoxy) is 1. The number of carbonyl (C=O) groups excluding carboxylic acids is 1. The van der Waals surface area contributed by atoms with E-state index in [0.29, 0.717) is 24.7 Å². The molecule has 0 aliphatic carbocycles. The molecule has 0 bridgehead atoms. The molecule has 1 aliphatic rings. The number of aromatic nitrogens is 3. The number of likely N-dealkylation sites (tertiary alicyclic amines) is 1. The molecule has 3 aromatic rings. The zero-order valence-corrected chi connectivity index (χ0v) is 13.9. The number of benzene rings is 1. The minimum absolute atomic E-state index is 0.0631. The summed E-state index contributed by atoms with van der Waals surface area (Å²) in [5.74, 6) is 0.431. The summed E-state index contributed by atoms with van der Waals surface area (Å²) < 4.78 is 5.83. The van der Waals surface area contributed by atoms with Crippen LogP contribution in [-0.4, -0.2) is 45.2 Å². The molecule has 1 aliphatic heterocycles. The molecular formula is C19H18N4O2. The van der Waals surface area contributed by atoms with Gasteiger partial charge in [-0.2, -0.15) is 5.10 Å². The summed E-state index contributed by atoms with van der Waals surface area (Å²) in [7, 11) is 0. The minimum atomic E-state index is -0.0681. The molecule has 0 N–H and O–H groups in total. The third-order valence-electron chi connectivity index (χ3n) is 4.31. The number of para-hydroxylation sites is 1. The van der Waals surface area contributed by atoms with Crippen LogP contribution in [0.4, 0.5) is 0 Å². The lowest BCUT2D eigenvalue weighted by atomic mass is 10.2. The van der Waals surface area contributed by atoms with Gasteiger partial charge in [-0.1, -0.05) is 24.3 Å². The van der Waals surface area contributed by atoms with E-state index in [0.717, 1.165) is 23.0 Å². The summed E-state index contributed by atoms with van der Waals surface area (Å²) in [5, 5.41) is 9.03. The van der Waals surface area contributed by atoms with Crippen molar-refractivity contribution in [3.05, 3.63) is 59.9 Å². The number of rotatable bonds is 3. The largest absolute Gasteiger partial charge is 0.471 e. The van der Waals surface area contributed by atoms with Gasteiger partial charge >= 0.3 is 0 Å². The molecular weight excluding hydrogens is 316 g/mol. The number of hydrogen-bond donors (Lipinski definition) is 0. The van der Waals surface area contributed by atoms with Gasteiger partial charge in [0.1, 0.15) is 11.8 Å². The van der Waals surface area contributed by atoms with E-state index in [-0.39, 0.29) is 12.0 Å². The molecule has 1 atom stereocenters. The van der Waals surface area contributed by atoms with Crippen LogP contribution < -0.4 is 4.74 Å². The Kier molecular flexibility index (Phi) is 4.01. The molecule has 0 radical (unpaired) electrons. The quantitative estimate of drug-likeness (QED) is 0.736. The molecule has 25 heavy (non-hydrogen) atoms. The summed E-state index contributed by atoms with van der Waals surface area (Å²) >= 11 is 0. The van der Waals surface area contributed by atoms with Crippen molar-refractivity contribution in [1.82, 2.24) is 20.1 Å². The van der Waals surface area contributed by atoms with Crippen molar-refractivity contribution in [3.8, 4) is 5.88 Å².